The van der Waals surface area contributed by atoms with Gasteiger partial charge in [-0.3, -0.25) is 9.98 Å². The van der Waals surface area contributed by atoms with Crippen molar-refractivity contribution >= 4 is 28.3 Å². The Bertz CT molecular complexity index is 963. The van der Waals surface area contributed by atoms with Crippen molar-refractivity contribution in [3.8, 4) is 0 Å². The van der Waals surface area contributed by atoms with Gasteiger partial charge in [0.25, 0.3) is 0 Å². The van der Waals surface area contributed by atoms with Gasteiger partial charge in [-0.2, -0.15) is 0 Å². The predicted octanol–water partition coefficient (Wildman–Crippen LogP) is 5.34. The SMILES string of the molecule is CC1(C)OC(C)(C)C(C=NCCN=CC2=C([O-])C(C)(C)OC2(C)C)=C1[O-].COCCC[PH+](C)CCCOC.COCCC[PH+](C)CCCOC.[99Tc]. The molecular weight excluding hydrogens is 773 g/mol. The standard InChI is InChI=1S/C20H32N2O4.2C9H21O2P.Tc/c1-17(2)13(15(23)19(5,6)25-17)11-21-9-10-22-12-14-16(24)20(7,8)26-18(14,3)4;2*1-10-6-4-8-12(3)9-5-7-11-2;/h11-12,23-24H,9-10H2,1-8H3;2*4-9H2,1-3H3;/i;;;1+1. The second kappa shape index (κ2) is 27.3. The van der Waals surface area contributed by atoms with Gasteiger partial charge in [-0.1, -0.05) is 11.5 Å². The van der Waals surface area contributed by atoms with Crippen LogP contribution in [-0.2, 0) is 48.5 Å². The number of nitrogens with zero attached hydrogens (tertiary/aromatic N) is 2. The normalized spacial score (nSPS) is 18.7. The molecule has 0 aromatic rings. The maximum Gasteiger partial charge on any atom is 0.0893 e. The number of hydrogen-bond acceptors (Lipinski definition) is 10. The molecule has 0 saturated heterocycles. The van der Waals surface area contributed by atoms with Gasteiger partial charge in [0.15, 0.2) is 0 Å². The number of ether oxygens (including phenoxy) is 6. The fraction of sp³-hybridized carbons (Fsp3) is 0.842. The van der Waals surface area contributed by atoms with Crippen LogP contribution < -0.4 is 10.2 Å². The third-order valence-electron chi connectivity index (χ3n) is 8.51. The Kier molecular flexibility index (Phi) is 28.3. The minimum Gasteiger partial charge on any atom is -0.873 e. The summed E-state index contributed by atoms with van der Waals surface area (Å²) in [6.45, 7) is 23.9. The minimum atomic E-state index is -0.819. The van der Waals surface area contributed by atoms with E-state index in [4.69, 9.17) is 28.4 Å². The molecule has 0 spiro atoms. The molecule has 0 fully saturated rings. The first-order chi connectivity index (χ1) is 23.3. The van der Waals surface area contributed by atoms with Crippen molar-refractivity contribution in [2.24, 2.45) is 9.98 Å². The third-order valence-corrected chi connectivity index (χ3v) is 13.3. The van der Waals surface area contributed by atoms with Crippen LogP contribution in [0.3, 0.4) is 0 Å². The Morgan fingerprint density at radius 1 is 0.529 bits per heavy atom. The summed E-state index contributed by atoms with van der Waals surface area (Å²) < 4.78 is 31.6. The Labute approximate surface area is 327 Å². The molecule has 1 radical (unpaired) electrons. The van der Waals surface area contributed by atoms with Crippen molar-refractivity contribution in [1.82, 2.24) is 0 Å². The van der Waals surface area contributed by atoms with Crippen molar-refractivity contribution in [3.63, 3.8) is 0 Å². The molecule has 0 atom stereocenters. The minimum absolute atomic E-state index is 0. The molecule has 0 N–H and O–H groups in total. The van der Waals surface area contributed by atoms with Gasteiger partial charge in [0.05, 0.1) is 60.1 Å². The van der Waals surface area contributed by atoms with Gasteiger partial charge < -0.3 is 38.6 Å². The fourth-order valence-electron chi connectivity index (χ4n) is 5.85. The van der Waals surface area contributed by atoms with Crippen LogP contribution in [0.2, 0.25) is 0 Å². The number of hydrogen-bond donors (Lipinski definition) is 0. The van der Waals surface area contributed by atoms with E-state index in [9.17, 15) is 10.2 Å². The molecule has 2 aliphatic rings. The van der Waals surface area contributed by atoms with Crippen molar-refractivity contribution in [3.05, 3.63) is 22.7 Å². The van der Waals surface area contributed by atoms with Gasteiger partial charge in [0.2, 0.25) is 0 Å². The number of aliphatic imine (C=N–C) groups is 2. The summed E-state index contributed by atoms with van der Waals surface area (Å²) in [6.07, 6.45) is 13.6. The fourth-order valence-corrected chi connectivity index (χ4v) is 9.34. The zero-order valence-corrected chi connectivity index (χ0v) is 38.5. The summed E-state index contributed by atoms with van der Waals surface area (Å²) in [5, 5.41) is 24.7. The summed E-state index contributed by atoms with van der Waals surface area (Å²) in [4.78, 5) is 8.62. The molecule has 0 bridgehead atoms. The van der Waals surface area contributed by atoms with E-state index in [1.165, 1.54) is 50.3 Å². The largest absolute Gasteiger partial charge is 0.873 e. The molecule has 0 aromatic carbocycles. The van der Waals surface area contributed by atoms with Gasteiger partial charge in [0.1, 0.15) is 0 Å². The molecular formula is C38H74N2O8P2Tc. The van der Waals surface area contributed by atoms with E-state index in [-0.39, 0.29) is 47.5 Å². The third kappa shape index (κ3) is 21.4. The summed E-state index contributed by atoms with van der Waals surface area (Å²) in [6, 6.07) is 0. The Morgan fingerprint density at radius 3 is 0.980 bits per heavy atom. The molecule has 0 aliphatic carbocycles. The van der Waals surface area contributed by atoms with Crippen LogP contribution in [0.4, 0.5) is 0 Å². The summed E-state index contributed by atoms with van der Waals surface area (Å²) in [5.41, 5.74) is -1.79. The maximum atomic E-state index is 12.4. The average molecular weight is 848 g/mol. The first-order valence-corrected chi connectivity index (χ1v) is 23.0. The van der Waals surface area contributed by atoms with Crippen molar-refractivity contribution < 1.29 is 58.7 Å². The topological polar surface area (TPSA) is 126 Å². The molecule has 13 heteroatoms. The quantitative estimate of drug-likeness (QED) is 0.0863. The monoisotopic (exact) mass is 847 g/mol. The van der Waals surface area contributed by atoms with Gasteiger partial charge in [-0.15, -0.1) is 0 Å². The molecule has 301 valence electrons. The summed E-state index contributed by atoms with van der Waals surface area (Å²) in [7, 11) is 6.89. The smallest absolute Gasteiger partial charge is 0.0893 e. The van der Waals surface area contributed by atoms with E-state index in [0.717, 1.165) is 26.4 Å². The molecule has 0 aromatic heterocycles. The van der Waals surface area contributed by atoms with Crippen molar-refractivity contribution in [1.29, 1.82) is 0 Å². The van der Waals surface area contributed by atoms with E-state index in [1.807, 2.05) is 27.7 Å². The van der Waals surface area contributed by atoms with Crippen molar-refractivity contribution in [2.75, 3.05) is 106 Å². The van der Waals surface area contributed by atoms with Crippen LogP contribution in [0, 0.1) is 0 Å². The van der Waals surface area contributed by atoms with E-state index >= 15 is 0 Å². The number of methoxy groups -OCH3 is 4. The summed E-state index contributed by atoms with van der Waals surface area (Å²) >= 11 is 0. The maximum absolute atomic E-state index is 12.4. The van der Waals surface area contributed by atoms with Crippen LogP contribution in [0.15, 0.2) is 32.6 Å². The molecule has 2 heterocycles. The van der Waals surface area contributed by atoms with E-state index in [2.05, 4.69) is 23.3 Å². The number of rotatable bonds is 21. The van der Waals surface area contributed by atoms with E-state index in [0.29, 0.717) is 24.2 Å². The van der Waals surface area contributed by atoms with Gasteiger partial charge in [0, 0.05) is 126 Å². The predicted molar refractivity (Wildman–Crippen MR) is 213 cm³/mol. The second-order valence-electron chi connectivity index (χ2n) is 15.1. The Balaban J connectivity index is 0. The van der Waals surface area contributed by atoms with E-state index in [1.54, 1.807) is 68.6 Å². The first-order valence-electron chi connectivity index (χ1n) is 18.2. The van der Waals surface area contributed by atoms with Crippen LogP contribution in [-0.4, -0.2) is 141 Å². The van der Waals surface area contributed by atoms with Crippen LogP contribution in [0.25, 0.3) is 0 Å². The van der Waals surface area contributed by atoms with Crippen LogP contribution in [0.5, 0.6) is 0 Å². The first kappa shape index (κ1) is 52.8. The van der Waals surface area contributed by atoms with E-state index < -0.39 is 22.4 Å². The molecule has 10 nitrogen and oxygen atoms in total. The zero-order chi connectivity index (χ0) is 38.4. The molecule has 2 rings (SSSR count). The average Bonchev–Trinajstić information content (AvgIpc) is 3.28. The summed E-state index contributed by atoms with van der Waals surface area (Å²) in [5.74, 6) is -0.0778. The van der Waals surface area contributed by atoms with Crippen molar-refractivity contribution in [2.45, 2.75) is 103 Å². The Hall–Kier alpha value is -0.311. The molecule has 2 aliphatic heterocycles. The molecule has 51 heavy (non-hydrogen) atoms. The van der Waals surface area contributed by atoms with Crippen LogP contribution in [0.1, 0.15) is 81.1 Å². The molecule has 0 amide bonds. The second-order valence-corrected chi connectivity index (χ2v) is 20.9. The van der Waals surface area contributed by atoms with Gasteiger partial charge >= 0.3 is 0 Å². The van der Waals surface area contributed by atoms with Crippen LogP contribution >= 0.6 is 15.8 Å². The zero-order valence-electron chi connectivity index (χ0n) is 34.6. The molecule has 0 unspecified atom stereocenters. The Morgan fingerprint density at radius 2 is 0.784 bits per heavy atom. The molecule has 0 saturated carbocycles. The van der Waals surface area contributed by atoms with Gasteiger partial charge in [-0.05, 0) is 82.4 Å². The van der Waals surface area contributed by atoms with Gasteiger partial charge in [-0.25, -0.2) is 0 Å².